The SMILES string of the molecule is CC(C)C(NS(=O)(=O)C=Cc1ccccc1)C(=O)NCc1cccc(NS(C)(=O)=O)c1. The summed E-state index contributed by atoms with van der Waals surface area (Å²) in [6.45, 7) is 3.59. The van der Waals surface area contributed by atoms with Crippen LogP contribution in [-0.4, -0.2) is 35.0 Å². The van der Waals surface area contributed by atoms with Gasteiger partial charge in [0.1, 0.15) is 6.04 Å². The number of sulfonamides is 2. The summed E-state index contributed by atoms with van der Waals surface area (Å²) in [6, 6.07) is 14.6. The molecule has 2 aromatic rings. The number of hydrogen-bond acceptors (Lipinski definition) is 5. The molecule has 0 aromatic heterocycles. The van der Waals surface area contributed by atoms with E-state index < -0.39 is 32.0 Å². The van der Waals surface area contributed by atoms with Crippen LogP contribution in [0.1, 0.15) is 25.0 Å². The van der Waals surface area contributed by atoms with Crippen molar-refractivity contribution in [1.29, 1.82) is 0 Å². The fourth-order valence-corrected chi connectivity index (χ4v) is 4.40. The average molecular weight is 466 g/mol. The van der Waals surface area contributed by atoms with Gasteiger partial charge in [-0.3, -0.25) is 9.52 Å². The summed E-state index contributed by atoms with van der Waals surface area (Å²) < 4.78 is 52.4. The maximum atomic E-state index is 12.7. The molecule has 0 spiro atoms. The molecule has 0 aliphatic carbocycles. The third kappa shape index (κ3) is 8.91. The first kappa shape index (κ1) is 24.6. The van der Waals surface area contributed by atoms with E-state index >= 15 is 0 Å². The number of carbonyl (C=O) groups is 1. The molecule has 8 nitrogen and oxygen atoms in total. The van der Waals surface area contributed by atoms with Gasteiger partial charge in [-0.05, 0) is 35.3 Å². The van der Waals surface area contributed by atoms with Crippen LogP contribution in [0.15, 0.2) is 60.0 Å². The topological polar surface area (TPSA) is 121 Å². The highest BCUT2D eigenvalue weighted by Crippen LogP contribution is 2.12. The zero-order valence-corrected chi connectivity index (χ0v) is 19.2. The summed E-state index contributed by atoms with van der Waals surface area (Å²) in [5, 5.41) is 3.73. The van der Waals surface area contributed by atoms with Gasteiger partial charge in [-0.1, -0.05) is 56.3 Å². The van der Waals surface area contributed by atoms with E-state index in [0.717, 1.165) is 17.2 Å². The molecule has 10 heteroatoms. The molecule has 168 valence electrons. The van der Waals surface area contributed by atoms with Crippen molar-refractivity contribution in [3.05, 3.63) is 71.1 Å². The van der Waals surface area contributed by atoms with Gasteiger partial charge in [0.15, 0.2) is 0 Å². The number of rotatable bonds is 10. The van der Waals surface area contributed by atoms with Crippen molar-refractivity contribution in [2.75, 3.05) is 11.0 Å². The number of benzene rings is 2. The number of hydrogen-bond donors (Lipinski definition) is 3. The van der Waals surface area contributed by atoms with Crippen LogP contribution in [0, 0.1) is 5.92 Å². The lowest BCUT2D eigenvalue weighted by Crippen LogP contribution is -2.48. The van der Waals surface area contributed by atoms with Crippen molar-refractivity contribution in [2.45, 2.75) is 26.4 Å². The van der Waals surface area contributed by atoms with Gasteiger partial charge in [-0.2, -0.15) is 4.72 Å². The summed E-state index contributed by atoms with van der Waals surface area (Å²) in [7, 11) is -7.26. The summed E-state index contributed by atoms with van der Waals surface area (Å²) in [6.07, 6.45) is 2.50. The highest BCUT2D eigenvalue weighted by atomic mass is 32.2. The summed E-state index contributed by atoms with van der Waals surface area (Å²) in [5.74, 6) is -0.772. The third-order valence-electron chi connectivity index (χ3n) is 4.18. The second kappa shape index (κ2) is 10.6. The van der Waals surface area contributed by atoms with Crippen LogP contribution in [0.25, 0.3) is 6.08 Å². The molecule has 2 aromatic carbocycles. The Labute approximate surface area is 183 Å². The lowest BCUT2D eigenvalue weighted by Gasteiger charge is -2.21. The van der Waals surface area contributed by atoms with Crippen LogP contribution < -0.4 is 14.8 Å². The normalized spacial score (nSPS) is 13.3. The monoisotopic (exact) mass is 465 g/mol. The van der Waals surface area contributed by atoms with E-state index in [2.05, 4.69) is 14.8 Å². The first-order valence-electron chi connectivity index (χ1n) is 9.55. The number of amides is 1. The zero-order chi connectivity index (χ0) is 23.1. The van der Waals surface area contributed by atoms with Gasteiger partial charge in [0.25, 0.3) is 0 Å². The van der Waals surface area contributed by atoms with Crippen LogP contribution in [0.2, 0.25) is 0 Å². The third-order valence-corrected chi connectivity index (χ3v) is 5.86. The summed E-state index contributed by atoms with van der Waals surface area (Å²) in [4.78, 5) is 12.7. The fourth-order valence-electron chi connectivity index (χ4n) is 2.70. The van der Waals surface area contributed by atoms with Crippen LogP contribution in [-0.2, 0) is 31.4 Å². The fraction of sp³-hybridized carbons (Fsp3) is 0.286. The second-order valence-corrected chi connectivity index (χ2v) is 10.7. The van der Waals surface area contributed by atoms with Crippen molar-refractivity contribution in [3.63, 3.8) is 0 Å². The minimum absolute atomic E-state index is 0.114. The molecule has 1 amide bonds. The molecule has 0 radical (unpaired) electrons. The molecule has 3 N–H and O–H groups in total. The summed E-state index contributed by atoms with van der Waals surface area (Å²) >= 11 is 0. The maximum absolute atomic E-state index is 12.7. The molecule has 0 saturated carbocycles. The first-order chi connectivity index (χ1) is 14.5. The van der Waals surface area contributed by atoms with Gasteiger partial charge in [0.2, 0.25) is 26.0 Å². The van der Waals surface area contributed by atoms with Gasteiger partial charge in [0, 0.05) is 17.6 Å². The van der Waals surface area contributed by atoms with E-state index in [1.165, 1.54) is 6.08 Å². The molecule has 2 rings (SSSR count). The predicted molar refractivity (Wildman–Crippen MR) is 123 cm³/mol. The maximum Gasteiger partial charge on any atom is 0.238 e. The Morgan fingerprint density at radius 2 is 1.68 bits per heavy atom. The number of carbonyl (C=O) groups excluding carboxylic acids is 1. The minimum Gasteiger partial charge on any atom is -0.351 e. The van der Waals surface area contributed by atoms with Crippen molar-refractivity contribution >= 4 is 37.7 Å². The Bertz CT molecular complexity index is 1130. The second-order valence-electron chi connectivity index (χ2n) is 7.39. The molecule has 1 unspecified atom stereocenters. The Hall–Kier alpha value is -2.69. The van der Waals surface area contributed by atoms with Crippen molar-refractivity contribution < 1.29 is 21.6 Å². The number of anilines is 1. The van der Waals surface area contributed by atoms with E-state index in [1.54, 1.807) is 62.4 Å². The lowest BCUT2D eigenvalue weighted by molar-refractivity contribution is -0.123. The Balaban J connectivity index is 2.04. The highest BCUT2D eigenvalue weighted by molar-refractivity contribution is 7.92. The van der Waals surface area contributed by atoms with Gasteiger partial charge in [0.05, 0.1) is 6.26 Å². The highest BCUT2D eigenvalue weighted by Gasteiger charge is 2.26. The molecular weight excluding hydrogens is 438 g/mol. The van der Waals surface area contributed by atoms with Gasteiger partial charge in [-0.25, -0.2) is 16.8 Å². The Morgan fingerprint density at radius 1 is 1.00 bits per heavy atom. The van der Waals surface area contributed by atoms with Gasteiger partial charge >= 0.3 is 0 Å². The number of nitrogens with one attached hydrogen (secondary N) is 3. The van der Waals surface area contributed by atoms with Crippen molar-refractivity contribution in [3.8, 4) is 0 Å². The van der Waals surface area contributed by atoms with Crippen LogP contribution in [0.3, 0.4) is 0 Å². The molecule has 0 bridgehead atoms. The molecule has 0 aliphatic heterocycles. The van der Waals surface area contributed by atoms with E-state index in [4.69, 9.17) is 0 Å². The van der Waals surface area contributed by atoms with Crippen LogP contribution >= 0.6 is 0 Å². The molecule has 0 fully saturated rings. The van der Waals surface area contributed by atoms with Gasteiger partial charge < -0.3 is 5.32 Å². The van der Waals surface area contributed by atoms with E-state index in [0.29, 0.717) is 11.3 Å². The lowest BCUT2D eigenvalue weighted by atomic mass is 10.0. The molecule has 0 heterocycles. The van der Waals surface area contributed by atoms with Crippen LogP contribution in [0.4, 0.5) is 5.69 Å². The van der Waals surface area contributed by atoms with Crippen molar-refractivity contribution in [1.82, 2.24) is 10.0 Å². The molecular formula is C21H27N3O5S2. The van der Waals surface area contributed by atoms with Crippen molar-refractivity contribution in [2.24, 2.45) is 5.92 Å². The molecule has 0 aliphatic rings. The molecule has 0 saturated heterocycles. The van der Waals surface area contributed by atoms with Crippen LogP contribution in [0.5, 0.6) is 0 Å². The zero-order valence-electron chi connectivity index (χ0n) is 17.6. The largest absolute Gasteiger partial charge is 0.351 e. The average Bonchev–Trinajstić information content (AvgIpc) is 2.68. The van der Waals surface area contributed by atoms with E-state index in [1.807, 2.05) is 6.07 Å². The first-order valence-corrected chi connectivity index (χ1v) is 13.0. The van der Waals surface area contributed by atoms with Gasteiger partial charge in [-0.15, -0.1) is 0 Å². The molecule has 1 atom stereocenters. The standard InChI is InChI=1S/C21H27N3O5S2/c1-16(2)20(24-31(28,29)13-12-17-8-5-4-6-9-17)21(25)22-15-18-10-7-11-19(14-18)23-30(3,26)27/h4-14,16,20,23-24H,15H2,1-3H3,(H,22,25). The smallest absolute Gasteiger partial charge is 0.238 e. The summed E-state index contributed by atoms with van der Waals surface area (Å²) in [5.41, 5.74) is 1.76. The Kier molecular flexibility index (Phi) is 8.37. The quantitative estimate of drug-likeness (QED) is 0.497. The molecule has 31 heavy (non-hydrogen) atoms. The Morgan fingerprint density at radius 3 is 2.29 bits per heavy atom. The predicted octanol–water partition coefficient (Wildman–Crippen LogP) is 2.29. The van der Waals surface area contributed by atoms with E-state index in [-0.39, 0.29) is 12.5 Å². The van der Waals surface area contributed by atoms with E-state index in [9.17, 15) is 21.6 Å². The minimum atomic E-state index is -3.85.